The molecule has 0 aromatic heterocycles. The average molecular weight is 203 g/mol. The van der Waals surface area contributed by atoms with Crippen molar-refractivity contribution >= 4 is 0 Å². The molecule has 82 valence electrons. The van der Waals surface area contributed by atoms with Crippen molar-refractivity contribution in [2.45, 2.75) is 38.6 Å². The standard InChI is InChI=1S/C14H21N/c1-11-8-9-14(15,10-12(11)2)13-6-4-3-5-7-13/h3-7,11-12H,8-10,15H2,1-2H3. The summed E-state index contributed by atoms with van der Waals surface area (Å²) in [5.74, 6) is 1.56. The Kier molecular flexibility index (Phi) is 2.83. The molecule has 0 aliphatic heterocycles. The zero-order valence-corrected chi connectivity index (χ0v) is 9.74. The summed E-state index contributed by atoms with van der Waals surface area (Å²) in [4.78, 5) is 0. The Labute approximate surface area is 92.7 Å². The lowest BCUT2D eigenvalue weighted by Gasteiger charge is -2.40. The van der Waals surface area contributed by atoms with E-state index in [9.17, 15) is 0 Å². The van der Waals surface area contributed by atoms with Crippen LogP contribution in [0.1, 0.15) is 38.7 Å². The van der Waals surface area contributed by atoms with Crippen LogP contribution in [0.3, 0.4) is 0 Å². The summed E-state index contributed by atoms with van der Waals surface area (Å²) in [6.45, 7) is 4.67. The summed E-state index contributed by atoms with van der Waals surface area (Å²) in [7, 11) is 0. The van der Waals surface area contributed by atoms with E-state index in [0.717, 1.165) is 24.7 Å². The molecule has 0 saturated heterocycles. The molecule has 1 aromatic rings. The molecule has 0 bridgehead atoms. The highest BCUT2D eigenvalue weighted by Gasteiger charge is 2.35. The maximum Gasteiger partial charge on any atom is 0.0412 e. The van der Waals surface area contributed by atoms with E-state index in [1.54, 1.807) is 0 Å². The molecule has 1 aromatic carbocycles. The molecule has 1 aliphatic rings. The Morgan fingerprint density at radius 2 is 1.80 bits per heavy atom. The Bertz CT molecular complexity index is 319. The van der Waals surface area contributed by atoms with Gasteiger partial charge in [0.2, 0.25) is 0 Å². The highest BCUT2D eigenvalue weighted by molar-refractivity contribution is 5.24. The Hall–Kier alpha value is -0.820. The van der Waals surface area contributed by atoms with Gasteiger partial charge >= 0.3 is 0 Å². The minimum absolute atomic E-state index is 0.0762. The van der Waals surface area contributed by atoms with Gasteiger partial charge < -0.3 is 5.73 Å². The zero-order chi connectivity index (χ0) is 10.9. The van der Waals surface area contributed by atoms with Crippen LogP contribution in [0.5, 0.6) is 0 Å². The van der Waals surface area contributed by atoms with Crippen LogP contribution in [0.4, 0.5) is 0 Å². The topological polar surface area (TPSA) is 26.0 Å². The van der Waals surface area contributed by atoms with Crippen molar-refractivity contribution < 1.29 is 0 Å². The third-order valence-corrected chi connectivity index (χ3v) is 4.05. The first-order valence-corrected chi connectivity index (χ1v) is 5.96. The number of hydrogen-bond acceptors (Lipinski definition) is 1. The summed E-state index contributed by atoms with van der Waals surface area (Å²) < 4.78 is 0. The first-order valence-electron chi connectivity index (χ1n) is 5.96. The molecule has 1 aliphatic carbocycles. The van der Waals surface area contributed by atoms with E-state index in [4.69, 9.17) is 5.73 Å². The minimum atomic E-state index is -0.0762. The van der Waals surface area contributed by atoms with Crippen LogP contribution >= 0.6 is 0 Å². The zero-order valence-electron chi connectivity index (χ0n) is 9.74. The van der Waals surface area contributed by atoms with Gasteiger partial charge in [-0.25, -0.2) is 0 Å². The fourth-order valence-electron chi connectivity index (χ4n) is 2.68. The summed E-state index contributed by atoms with van der Waals surface area (Å²) in [5.41, 5.74) is 7.77. The van der Waals surface area contributed by atoms with Crippen LogP contribution in [0.25, 0.3) is 0 Å². The predicted octanol–water partition coefficient (Wildman–Crippen LogP) is 3.30. The SMILES string of the molecule is CC1CCC(N)(c2ccccc2)CC1C. The van der Waals surface area contributed by atoms with Crippen molar-refractivity contribution in [3.05, 3.63) is 35.9 Å². The molecule has 1 fully saturated rings. The summed E-state index contributed by atoms with van der Waals surface area (Å²) in [5, 5.41) is 0. The van der Waals surface area contributed by atoms with Crippen LogP contribution in [0, 0.1) is 11.8 Å². The summed E-state index contributed by atoms with van der Waals surface area (Å²) >= 11 is 0. The third-order valence-electron chi connectivity index (χ3n) is 4.05. The molecule has 15 heavy (non-hydrogen) atoms. The van der Waals surface area contributed by atoms with E-state index in [0.29, 0.717) is 0 Å². The largest absolute Gasteiger partial charge is 0.321 e. The maximum atomic E-state index is 6.53. The second-order valence-electron chi connectivity index (χ2n) is 5.22. The van der Waals surface area contributed by atoms with Gasteiger partial charge in [-0.1, -0.05) is 44.2 Å². The Balaban J connectivity index is 2.21. The quantitative estimate of drug-likeness (QED) is 0.744. The summed E-state index contributed by atoms with van der Waals surface area (Å²) in [6, 6.07) is 10.6. The van der Waals surface area contributed by atoms with E-state index < -0.39 is 0 Å². The van der Waals surface area contributed by atoms with E-state index in [1.807, 2.05) is 0 Å². The van der Waals surface area contributed by atoms with Crippen molar-refractivity contribution in [3.8, 4) is 0 Å². The molecule has 0 amide bonds. The van der Waals surface area contributed by atoms with Crippen molar-refractivity contribution in [1.29, 1.82) is 0 Å². The molecule has 1 saturated carbocycles. The molecule has 3 unspecified atom stereocenters. The Morgan fingerprint density at radius 3 is 2.40 bits per heavy atom. The fourth-order valence-corrected chi connectivity index (χ4v) is 2.68. The number of hydrogen-bond donors (Lipinski definition) is 1. The van der Waals surface area contributed by atoms with Crippen molar-refractivity contribution in [1.82, 2.24) is 0 Å². The third kappa shape index (κ3) is 2.07. The highest BCUT2D eigenvalue weighted by Crippen LogP contribution is 2.40. The van der Waals surface area contributed by atoms with Gasteiger partial charge in [0.05, 0.1) is 0 Å². The van der Waals surface area contributed by atoms with Gasteiger partial charge in [-0.05, 0) is 36.7 Å². The van der Waals surface area contributed by atoms with Gasteiger partial charge in [-0.2, -0.15) is 0 Å². The molecule has 2 rings (SSSR count). The van der Waals surface area contributed by atoms with E-state index >= 15 is 0 Å². The van der Waals surface area contributed by atoms with Crippen molar-refractivity contribution in [3.63, 3.8) is 0 Å². The van der Waals surface area contributed by atoms with Gasteiger partial charge in [0, 0.05) is 5.54 Å². The monoisotopic (exact) mass is 203 g/mol. The van der Waals surface area contributed by atoms with E-state index in [-0.39, 0.29) is 5.54 Å². The van der Waals surface area contributed by atoms with E-state index in [1.165, 1.54) is 12.0 Å². The normalized spacial score (nSPS) is 36.5. The van der Waals surface area contributed by atoms with Crippen LogP contribution in [0.2, 0.25) is 0 Å². The Morgan fingerprint density at radius 1 is 1.13 bits per heavy atom. The van der Waals surface area contributed by atoms with Gasteiger partial charge in [0.25, 0.3) is 0 Å². The molecule has 3 atom stereocenters. The molecule has 1 nitrogen and oxygen atoms in total. The first kappa shape index (κ1) is 10.7. The van der Waals surface area contributed by atoms with Gasteiger partial charge in [-0.15, -0.1) is 0 Å². The smallest absolute Gasteiger partial charge is 0.0412 e. The molecular formula is C14H21N. The highest BCUT2D eigenvalue weighted by atomic mass is 14.8. The lowest BCUT2D eigenvalue weighted by molar-refractivity contribution is 0.177. The van der Waals surface area contributed by atoms with Crippen molar-refractivity contribution in [2.24, 2.45) is 17.6 Å². The summed E-state index contributed by atoms with van der Waals surface area (Å²) in [6.07, 6.45) is 3.51. The second kappa shape index (κ2) is 3.97. The number of nitrogens with two attached hydrogens (primary N) is 1. The van der Waals surface area contributed by atoms with Crippen LogP contribution in [-0.2, 0) is 5.54 Å². The molecular weight excluding hydrogens is 182 g/mol. The second-order valence-corrected chi connectivity index (χ2v) is 5.22. The number of rotatable bonds is 1. The molecule has 2 N–H and O–H groups in total. The predicted molar refractivity (Wildman–Crippen MR) is 64.5 cm³/mol. The number of benzene rings is 1. The maximum absolute atomic E-state index is 6.53. The van der Waals surface area contributed by atoms with Gasteiger partial charge in [0.15, 0.2) is 0 Å². The van der Waals surface area contributed by atoms with Gasteiger partial charge in [-0.3, -0.25) is 0 Å². The van der Waals surface area contributed by atoms with Crippen LogP contribution in [-0.4, -0.2) is 0 Å². The molecule has 0 radical (unpaired) electrons. The lowest BCUT2D eigenvalue weighted by atomic mass is 9.69. The fraction of sp³-hybridized carbons (Fsp3) is 0.571. The molecule has 0 heterocycles. The van der Waals surface area contributed by atoms with Gasteiger partial charge in [0.1, 0.15) is 0 Å². The van der Waals surface area contributed by atoms with E-state index in [2.05, 4.69) is 44.2 Å². The average Bonchev–Trinajstić information content (AvgIpc) is 2.26. The van der Waals surface area contributed by atoms with Crippen LogP contribution in [0.15, 0.2) is 30.3 Å². The first-order chi connectivity index (χ1) is 7.12. The van der Waals surface area contributed by atoms with Crippen LogP contribution < -0.4 is 5.73 Å². The molecule has 0 spiro atoms. The van der Waals surface area contributed by atoms with Crippen molar-refractivity contribution in [2.75, 3.05) is 0 Å². The minimum Gasteiger partial charge on any atom is -0.321 e. The molecule has 1 heteroatoms. The lowest BCUT2D eigenvalue weighted by Crippen LogP contribution is -2.43.